The van der Waals surface area contributed by atoms with Crippen LogP contribution in [-0.4, -0.2) is 43.3 Å². The van der Waals surface area contributed by atoms with Crippen molar-refractivity contribution in [2.75, 3.05) is 11.1 Å². The highest BCUT2D eigenvalue weighted by molar-refractivity contribution is 7.89. The first kappa shape index (κ1) is 30.1. The summed E-state index contributed by atoms with van der Waals surface area (Å²) >= 11 is 0. The Hall–Kier alpha value is -3.89. The summed E-state index contributed by atoms with van der Waals surface area (Å²) in [4.78, 5) is 23.8. The highest BCUT2D eigenvalue weighted by Gasteiger charge is 2.25. The number of hydrogen-bond donors (Lipinski definition) is 3. The molecule has 0 aromatic heterocycles. The quantitative estimate of drug-likeness (QED) is 0.234. The molecular formula is C31H36N2O7S. The Labute approximate surface area is 240 Å². The Morgan fingerprint density at radius 3 is 2.12 bits per heavy atom. The molecule has 0 atom stereocenters. The lowest BCUT2D eigenvalue weighted by atomic mass is 9.94. The van der Waals surface area contributed by atoms with E-state index in [1.54, 1.807) is 42.5 Å². The van der Waals surface area contributed by atoms with Crippen molar-refractivity contribution in [2.45, 2.75) is 64.0 Å². The molecule has 1 saturated carbocycles. The third-order valence-corrected chi connectivity index (χ3v) is 8.39. The molecule has 3 aromatic rings. The molecule has 0 aliphatic heterocycles. The minimum absolute atomic E-state index is 0.0260. The first-order valence-corrected chi connectivity index (χ1v) is 15.5. The van der Waals surface area contributed by atoms with Gasteiger partial charge in [0.25, 0.3) is 0 Å². The monoisotopic (exact) mass is 580 g/mol. The number of benzene rings is 3. The predicted octanol–water partition coefficient (Wildman–Crippen LogP) is 5.77. The summed E-state index contributed by atoms with van der Waals surface area (Å²) < 4.78 is 39.2. The molecule has 10 heteroatoms. The lowest BCUT2D eigenvalue weighted by molar-refractivity contribution is -0.115. The highest BCUT2D eigenvalue weighted by atomic mass is 32.2. The molecule has 1 aliphatic rings. The smallest absolute Gasteiger partial charge is 0.337 e. The van der Waals surface area contributed by atoms with Crippen LogP contribution in [-0.2, 0) is 21.2 Å². The molecular weight excluding hydrogens is 544 g/mol. The van der Waals surface area contributed by atoms with E-state index >= 15 is 0 Å². The van der Waals surface area contributed by atoms with Gasteiger partial charge in [-0.2, -0.15) is 0 Å². The summed E-state index contributed by atoms with van der Waals surface area (Å²) in [5.41, 5.74) is 1.06. The number of carboxylic acids is 1. The number of rotatable bonds is 13. The second kappa shape index (κ2) is 14.1. The Bertz CT molecular complexity index is 1420. The van der Waals surface area contributed by atoms with E-state index in [1.807, 2.05) is 31.2 Å². The Morgan fingerprint density at radius 2 is 1.49 bits per heavy atom. The molecule has 1 fully saturated rings. The maximum absolute atomic E-state index is 12.4. The van der Waals surface area contributed by atoms with Crippen molar-refractivity contribution in [3.8, 4) is 17.2 Å². The van der Waals surface area contributed by atoms with Crippen molar-refractivity contribution in [2.24, 2.45) is 0 Å². The number of hydrogen-bond acceptors (Lipinski definition) is 6. The lowest BCUT2D eigenvalue weighted by Crippen LogP contribution is -2.40. The van der Waals surface area contributed by atoms with Crippen molar-refractivity contribution in [1.29, 1.82) is 0 Å². The summed E-state index contributed by atoms with van der Waals surface area (Å²) in [6, 6.07) is 20.7. The average Bonchev–Trinajstić information content (AvgIpc) is 2.95. The van der Waals surface area contributed by atoms with Crippen LogP contribution in [0.3, 0.4) is 0 Å². The molecule has 1 amide bonds. The molecule has 218 valence electrons. The number of carbonyl (C=O) groups excluding carboxylic acids is 1. The fourth-order valence-corrected chi connectivity index (χ4v) is 6.22. The van der Waals surface area contributed by atoms with Gasteiger partial charge in [0.2, 0.25) is 15.9 Å². The molecule has 3 N–H and O–H groups in total. The molecule has 9 nitrogen and oxygen atoms in total. The van der Waals surface area contributed by atoms with Crippen LogP contribution in [0.15, 0.2) is 72.8 Å². The van der Waals surface area contributed by atoms with E-state index in [-0.39, 0.29) is 41.5 Å². The van der Waals surface area contributed by atoms with Crippen LogP contribution >= 0.6 is 0 Å². The maximum atomic E-state index is 12.4. The second-order valence-electron chi connectivity index (χ2n) is 10.2. The second-order valence-corrected chi connectivity index (χ2v) is 12.0. The number of carboxylic acid groups (broad SMARTS) is 1. The minimum atomic E-state index is -3.21. The SMILES string of the molecule is CCCCS(=O)(=O)NC1CCC(Oc2ccc(Oc3ccc(CC(=O)Nc4ccccc4C(=O)O)cc3)cc2)CC1. The van der Waals surface area contributed by atoms with E-state index in [9.17, 15) is 23.1 Å². The highest BCUT2D eigenvalue weighted by Crippen LogP contribution is 2.28. The van der Waals surface area contributed by atoms with Crippen LogP contribution in [0.5, 0.6) is 17.2 Å². The fourth-order valence-electron chi connectivity index (χ4n) is 4.69. The zero-order chi connectivity index (χ0) is 29.2. The van der Waals surface area contributed by atoms with Crippen LogP contribution in [0.1, 0.15) is 61.4 Å². The normalized spacial score (nSPS) is 17.0. The van der Waals surface area contributed by atoms with Gasteiger partial charge in [-0.1, -0.05) is 37.6 Å². The van der Waals surface area contributed by atoms with Gasteiger partial charge in [0.1, 0.15) is 17.2 Å². The number of carbonyl (C=O) groups is 2. The molecule has 41 heavy (non-hydrogen) atoms. The van der Waals surface area contributed by atoms with E-state index < -0.39 is 16.0 Å². The number of anilines is 1. The van der Waals surface area contributed by atoms with Crippen molar-refractivity contribution >= 4 is 27.6 Å². The summed E-state index contributed by atoms with van der Waals surface area (Å²) in [5.74, 6) is 0.744. The Morgan fingerprint density at radius 1 is 0.878 bits per heavy atom. The van der Waals surface area contributed by atoms with E-state index in [0.29, 0.717) is 17.9 Å². The van der Waals surface area contributed by atoms with Gasteiger partial charge in [0.05, 0.1) is 29.5 Å². The molecule has 0 unspecified atom stereocenters. The van der Waals surface area contributed by atoms with E-state index in [0.717, 1.165) is 43.4 Å². The maximum Gasteiger partial charge on any atom is 0.337 e. The number of nitrogens with one attached hydrogen (secondary N) is 2. The standard InChI is InChI=1S/C31H36N2O7S/c1-2-3-20-41(37,38)33-23-10-14-25(15-11-23)40-27-18-16-26(17-19-27)39-24-12-8-22(9-13-24)21-30(34)32-29-7-5-4-6-28(29)31(35)36/h4-9,12-13,16-19,23,25,33H,2-3,10-11,14-15,20-21H2,1H3,(H,32,34)(H,35,36). The molecule has 0 spiro atoms. The van der Waals surface area contributed by atoms with Crippen LogP contribution in [0.2, 0.25) is 0 Å². The number of sulfonamides is 1. The summed E-state index contributed by atoms with van der Waals surface area (Å²) in [6.07, 6.45) is 4.74. The lowest BCUT2D eigenvalue weighted by Gasteiger charge is -2.29. The third-order valence-electron chi connectivity index (χ3n) is 6.87. The molecule has 0 heterocycles. The van der Waals surface area contributed by atoms with Crippen molar-refractivity contribution in [1.82, 2.24) is 4.72 Å². The number of aromatic carboxylic acids is 1. The van der Waals surface area contributed by atoms with Crippen molar-refractivity contribution in [3.63, 3.8) is 0 Å². The van der Waals surface area contributed by atoms with E-state index in [1.165, 1.54) is 6.07 Å². The van der Waals surface area contributed by atoms with Gasteiger partial charge in [-0.05, 0) is 86.2 Å². The van der Waals surface area contributed by atoms with Crippen molar-refractivity contribution in [3.05, 3.63) is 83.9 Å². The molecule has 0 saturated heterocycles. The summed E-state index contributed by atoms with van der Waals surface area (Å²) in [7, 11) is -3.21. The topological polar surface area (TPSA) is 131 Å². The van der Waals surface area contributed by atoms with Gasteiger partial charge in [-0.15, -0.1) is 0 Å². The van der Waals surface area contributed by atoms with E-state index in [2.05, 4.69) is 10.0 Å². The number of ether oxygens (including phenoxy) is 2. The van der Waals surface area contributed by atoms with Crippen molar-refractivity contribution < 1.29 is 32.6 Å². The Kier molecular flexibility index (Phi) is 10.4. The summed E-state index contributed by atoms with van der Waals surface area (Å²) in [6.45, 7) is 1.98. The van der Waals surface area contributed by atoms with Crippen LogP contribution < -0.4 is 19.5 Å². The molecule has 0 radical (unpaired) electrons. The number of para-hydroxylation sites is 1. The van der Waals surface area contributed by atoms with E-state index in [4.69, 9.17) is 9.47 Å². The first-order chi connectivity index (χ1) is 19.7. The van der Waals surface area contributed by atoms with Crippen LogP contribution in [0.4, 0.5) is 5.69 Å². The zero-order valence-corrected chi connectivity index (χ0v) is 23.9. The van der Waals surface area contributed by atoms with Gasteiger partial charge in [-0.3, -0.25) is 4.79 Å². The van der Waals surface area contributed by atoms with Gasteiger partial charge in [-0.25, -0.2) is 17.9 Å². The Balaban J connectivity index is 1.22. The third kappa shape index (κ3) is 9.33. The largest absolute Gasteiger partial charge is 0.490 e. The molecule has 3 aromatic carbocycles. The van der Waals surface area contributed by atoms with Gasteiger partial charge < -0.3 is 19.9 Å². The molecule has 1 aliphatic carbocycles. The first-order valence-electron chi connectivity index (χ1n) is 13.9. The summed E-state index contributed by atoms with van der Waals surface area (Å²) in [5, 5.41) is 11.9. The average molecular weight is 581 g/mol. The fraction of sp³-hybridized carbons (Fsp3) is 0.355. The van der Waals surface area contributed by atoms with Crippen LogP contribution in [0.25, 0.3) is 0 Å². The number of unbranched alkanes of at least 4 members (excludes halogenated alkanes) is 1. The molecule has 4 rings (SSSR count). The van der Waals surface area contributed by atoms with Gasteiger partial charge >= 0.3 is 5.97 Å². The minimum Gasteiger partial charge on any atom is -0.490 e. The van der Waals surface area contributed by atoms with Gasteiger partial charge in [0.15, 0.2) is 0 Å². The zero-order valence-electron chi connectivity index (χ0n) is 23.0. The van der Waals surface area contributed by atoms with Crippen LogP contribution in [0, 0.1) is 0 Å². The molecule has 0 bridgehead atoms. The van der Waals surface area contributed by atoms with Gasteiger partial charge in [0, 0.05) is 6.04 Å². The number of amides is 1. The predicted molar refractivity (Wildman–Crippen MR) is 157 cm³/mol.